The second kappa shape index (κ2) is 10.3. The van der Waals surface area contributed by atoms with E-state index >= 15 is 0 Å². The van der Waals surface area contributed by atoms with E-state index in [0.29, 0.717) is 27.9 Å². The van der Waals surface area contributed by atoms with Crippen molar-refractivity contribution in [2.24, 2.45) is 0 Å². The molecule has 1 heterocycles. The number of fused-ring (bicyclic) bond motifs is 1. The van der Waals surface area contributed by atoms with E-state index < -0.39 is 17.8 Å². The summed E-state index contributed by atoms with van der Waals surface area (Å²) >= 11 is 2.86. The molecular weight excluding hydrogens is 555 g/mol. The molecule has 0 bridgehead atoms. The van der Waals surface area contributed by atoms with Gasteiger partial charge in [-0.1, -0.05) is 22.0 Å². The van der Waals surface area contributed by atoms with Crippen molar-refractivity contribution >= 4 is 55.7 Å². The number of carbonyl (C=O) groups is 2. The molecule has 0 aliphatic carbocycles. The lowest BCUT2D eigenvalue weighted by Gasteiger charge is -2.13. The average Bonchev–Trinajstić information content (AvgIpc) is 2.85. The fourth-order valence-corrected chi connectivity index (χ4v) is 3.86. The number of aromatic nitrogens is 1. The highest BCUT2D eigenvalue weighted by molar-refractivity contribution is 9.10. The van der Waals surface area contributed by atoms with Crippen LogP contribution in [0.25, 0.3) is 10.8 Å². The van der Waals surface area contributed by atoms with Gasteiger partial charge in [0.25, 0.3) is 5.91 Å². The summed E-state index contributed by atoms with van der Waals surface area (Å²) < 4.78 is 45.1. The molecule has 37 heavy (non-hydrogen) atoms. The number of nitrogens with two attached hydrogens (primary N) is 1. The highest BCUT2D eigenvalue weighted by atomic mass is 79.9. The van der Waals surface area contributed by atoms with E-state index in [4.69, 9.17) is 10.5 Å². The Bertz CT molecular complexity index is 1490. The first kappa shape index (κ1) is 25.8. The Hall–Kier alpha value is -4.32. The number of halogens is 4. The lowest BCUT2D eigenvalue weighted by molar-refractivity contribution is -0.138. The number of nitrogen functional groups attached to an aromatic ring is 1. The third kappa shape index (κ3) is 6.09. The van der Waals surface area contributed by atoms with E-state index in [1.165, 1.54) is 31.3 Å². The molecule has 0 spiro atoms. The maximum atomic E-state index is 13.1. The zero-order chi connectivity index (χ0) is 26.7. The molecule has 0 saturated carbocycles. The number of nitrogens with one attached hydrogen (secondary N) is 3. The zero-order valence-corrected chi connectivity index (χ0v) is 20.7. The molecule has 190 valence electrons. The number of benzene rings is 3. The van der Waals surface area contributed by atoms with E-state index in [9.17, 15) is 22.8 Å². The number of hydrogen-bond acceptors (Lipinski definition) is 5. The van der Waals surface area contributed by atoms with Gasteiger partial charge in [-0.05, 0) is 66.0 Å². The molecule has 0 fully saturated rings. The first-order valence-corrected chi connectivity index (χ1v) is 11.5. The molecule has 8 nitrogen and oxygen atoms in total. The van der Waals surface area contributed by atoms with Gasteiger partial charge in [-0.2, -0.15) is 13.2 Å². The Labute approximate surface area is 217 Å². The Kier molecular flexibility index (Phi) is 7.21. The summed E-state index contributed by atoms with van der Waals surface area (Å²) in [6.45, 7) is 0. The number of ether oxygens (including phenoxy) is 1. The predicted molar refractivity (Wildman–Crippen MR) is 138 cm³/mol. The molecule has 3 aromatic carbocycles. The molecular formula is C25H19BrF3N5O3. The van der Waals surface area contributed by atoms with Crippen LogP contribution in [0.2, 0.25) is 0 Å². The fourth-order valence-electron chi connectivity index (χ4n) is 3.39. The van der Waals surface area contributed by atoms with E-state index in [0.717, 1.165) is 6.07 Å². The molecule has 0 radical (unpaired) electrons. The number of hydrogen-bond donors (Lipinski definition) is 4. The van der Waals surface area contributed by atoms with Crippen molar-refractivity contribution in [3.63, 3.8) is 0 Å². The number of anilines is 3. The van der Waals surface area contributed by atoms with Crippen LogP contribution >= 0.6 is 15.9 Å². The summed E-state index contributed by atoms with van der Waals surface area (Å²) in [6, 6.07) is 15.6. The number of nitrogens with zero attached hydrogens (tertiary/aromatic N) is 1. The van der Waals surface area contributed by atoms with Gasteiger partial charge in [-0.25, -0.2) is 9.78 Å². The van der Waals surface area contributed by atoms with Gasteiger partial charge < -0.3 is 26.4 Å². The Morgan fingerprint density at radius 2 is 1.62 bits per heavy atom. The predicted octanol–water partition coefficient (Wildman–Crippen LogP) is 6.39. The van der Waals surface area contributed by atoms with Gasteiger partial charge in [-0.15, -0.1) is 0 Å². The molecule has 3 amide bonds. The summed E-state index contributed by atoms with van der Waals surface area (Å²) in [5.74, 6) is 0.138. The number of amides is 3. The van der Waals surface area contributed by atoms with Crippen LogP contribution in [-0.2, 0) is 6.18 Å². The smallest absolute Gasteiger partial charge is 0.417 e. The monoisotopic (exact) mass is 573 g/mol. The summed E-state index contributed by atoms with van der Waals surface area (Å²) in [5, 5.41) is 8.73. The third-order valence-electron chi connectivity index (χ3n) is 5.14. The maximum Gasteiger partial charge on any atom is 0.417 e. The highest BCUT2D eigenvalue weighted by Gasteiger charge is 2.33. The summed E-state index contributed by atoms with van der Waals surface area (Å²) in [5.41, 5.74) is 5.98. The van der Waals surface area contributed by atoms with Crippen molar-refractivity contribution < 1.29 is 27.5 Å². The van der Waals surface area contributed by atoms with Crippen LogP contribution in [-0.4, -0.2) is 24.0 Å². The molecule has 0 aliphatic rings. The van der Waals surface area contributed by atoms with Crippen LogP contribution in [0, 0.1) is 0 Å². The van der Waals surface area contributed by atoms with Gasteiger partial charge in [0.2, 0.25) is 5.88 Å². The van der Waals surface area contributed by atoms with Crippen molar-refractivity contribution in [2.45, 2.75) is 6.18 Å². The number of carbonyl (C=O) groups excluding carboxylic acids is 2. The molecule has 0 unspecified atom stereocenters. The van der Waals surface area contributed by atoms with Crippen LogP contribution in [0.4, 0.5) is 35.0 Å². The van der Waals surface area contributed by atoms with E-state index in [2.05, 4.69) is 36.9 Å². The van der Waals surface area contributed by atoms with Crippen molar-refractivity contribution in [1.29, 1.82) is 0 Å². The van der Waals surface area contributed by atoms with Gasteiger partial charge >= 0.3 is 12.2 Å². The van der Waals surface area contributed by atoms with Gasteiger partial charge in [0.15, 0.2) is 0 Å². The molecule has 12 heteroatoms. The lowest BCUT2D eigenvalue weighted by Crippen LogP contribution is -2.20. The number of rotatable bonds is 5. The summed E-state index contributed by atoms with van der Waals surface area (Å²) in [6.07, 6.45) is -4.57. The average molecular weight is 574 g/mol. The number of pyridine rings is 1. The summed E-state index contributed by atoms with van der Waals surface area (Å²) in [4.78, 5) is 28.7. The third-order valence-corrected chi connectivity index (χ3v) is 5.83. The molecule has 4 rings (SSSR count). The molecule has 0 atom stereocenters. The standard InChI is InChI=1S/C25H19BrF3N5O3/c1-31-22(35)21-10-13-2-3-14(30)11-18(13)23(34-21)37-17-7-4-15(5-8-17)32-24(36)33-16-6-9-20(26)19(12-16)25(27,28)29/h2-12H,30H2,1H3,(H,31,35)(H2,32,33,36). The molecule has 1 aromatic heterocycles. The van der Waals surface area contributed by atoms with Crippen molar-refractivity contribution in [1.82, 2.24) is 10.3 Å². The second-order valence-electron chi connectivity index (χ2n) is 7.77. The number of urea groups is 1. The Morgan fingerprint density at radius 1 is 0.946 bits per heavy atom. The normalized spacial score (nSPS) is 11.2. The minimum Gasteiger partial charge on any atom is -0.438 e. The van der Waals surface area contributed by atoms with E-state index in [-0.39, 0.29) is 27.6 Å². The quantitative estimate of drug-likeness (QED) is 0.206. The molecule has 4 aromatic rings. The lowest BCUT2D eigenvalue weighted by atomic mass is 10.1. The van der Waals surface area contributed by atoms with Crippen molar-refractivity contribution in [3.8, 4) is 11.6 Å². The summed E-state index contributed by atoms with van der Waals surface area (Å²) in [7, 11) is 1.49. The van der Waals surface area contributed by atoms with Crippen LogP contribution in [0.1, 0.15) is 16.1 Å². The van der Waals surface area contributed by atoms with Crippen LogP contribution in [0.15, 0.2) is 71.2 Å². The van der Waals surface area contributed by atoms with Crippen LogP contribution in [0.3, 0.4) is 0 Å². The van der Waals surface area contributed by atoms with Gasteiger partial charge in [0.05, 0.1) is 5.56 Å². The topological polar surface area (TPSA) is 118 Å². The number of alkyl halides is 3. The van der Waals surface area contributed by atoms with Crippen molar-refractivity contribution in [3.05, 3.63) is 82.5 Å². The first-order chi connectivity index (χ1) is 17.5. The van der Waals surface area contributed by atoms with Crippen LogP contribution in [0.5, 0.6) is 11.6 Å². The fraction of sp³-hybridized carbons (Fsp3) is 0.0800. The molecule has 0 saturated heterocycles. The van der Waals surface area contributed by atoms with Crippen LogP contribution < -0.4 is 26.4 Å². The molecule has 0 aliphatic heterocycles. The minimum atomic E-state index is -4.57. The zero-order valence-electron chi connectivity index (χ0n) is 19.1. The Morgan fingerprint density at radius 3 is 2.30 bits per heavy atom. The molecule has 5 N–H and O–H groups in total. The second-order valence-corrected chi connectivity index (χ2v) is 8.62. The van der Waals surface area contributed by atoms with Gasteiger partial charge in [-0.3, -0.25) is 4.79 Å². The first-order valence-electron chi connectivity index (χ1n) is 10.7. The van der Waals surface area contributed by atoms with Crippen molar-refractivity contribution in [2.75, 3.05) is 23.4 Å². The Balaban J connectivity index is 1.49. The van der Waals surface area contributed by atoms with E-state index in [1.54, 1.807) is 36.4 Å². The van der Waals surface area contributed by atoms with Gasteiger partial charge in [0.1, 0.15) is 11.4 Å². The van der Waals surface area contributed by atoms with E-state index in [1.807, 2.05) is 0 Å². The SMILES string of the molecule is CNC(=O)c1cc2ccc(N)cc2c(Oc2ccc(NC(=O)Nc3ccc(Br)c(C(F)(F)F)c3)cc2)n1. The minimum absolute atomic E-state index is 0.0267. The largest absolute Gasteiger partial charge is 0.438 e. The highest BCUT2D eigenvalue weighted by Crippen LogP contribution is 2.36. The van der Waals surface area contributed by atoms with Gasteiger partial charge in [0, 0.05) is 34.0 Å². The maximum absolute atomic E-state index is 13.1.